The summed E-state index contributed by atoms with van der Waals surface area (Å²) in [6.45, 7) is 0. The molecule has 0 amide bonds. The summed E-state index contributed by atoms with van der Waals surface area (Å²) in [5.41, 5.74) is 0. The number of hydrogen-bond donors (Lipinski definition) is 0. The summed E-state index contributed by atoms with van der Waals surface area (Å²) in [6.07, 6.45) is -11.2. The van der Waals surface area contributed by atoms with Gasteiger partial charge in [-0.05, 0) is 0 Å². The third-order valence-electron chi connectivity index (χ3n) is 1.48. The molecule has 0 spiro atoms. The Labute approximate surface area is 156 Å². The van der Waals surface area contributed by atoms with E-state index in [9.17, 15) is 60.0 Å². The first-order chi connectivity index (χ1) is 8.93. The molecule has 0 unspecified atom stereocenters. The van der Waals surface area contributed by atoms with Gasteiger partial charge in [-0.25, -0.2) is 0 Å². The molecule has 0 rings (SSSR count). The van der Waals surface area contributed by atoms with Crippen LogP contribution in [0.3, 0.4) is 0 Å². The molecule has 0 bridgehead atoms. The number of carbonyl (C=O) groups excluding carboxylic acids is 4. The molecule has 120 valence electrons. The monoisotopic (exact) mass is 534 g/mol. The zero-order chi connectivity index (χ0) is 16.6. The molecule has 22 heavy (non-hydrogen) atoms. The van der Waals surface area contributed by atoms with Crippen LogP contribution >= 0.6 is 0 Å². The number of hydrogen-bond acceptors (Lipinski definition) is 12. The minimum atomic E-state index is -2.80. The Bertz CT molecular complexity index is 313. The molecule has 0 fully saturated rings. The summed E-state index contributed by atoms with van der Waals surface area (Å²) in [5.74, 6) is -8.93. The van der Waals surface area contributed by atoms with Crippen molar-refractivity contribution in [3.63, 3.8) is 0 Å². The number of carboxylic acid groups (broad SMARTS) is 4. The van der Waals surface area contributed by atoms with Crippen LogP contribution in [0.2, 0.25) is 0 Å². The maximum Gasteiger partial charge on any atom is 3.00 e. The summed E-state index contributed by atoms with van der Waals surface area (Å²) in [4.78, 5) is 38.1. The van der Waals surface area contributed by atoms with Gasteiger partial charge in [0.1, 0.15) is 0 Å². The van der Waals surface area contributed by atoms with E-state index in [0.717, 1.165) is 0 Å². The van der Waals surface area contributed by atoms with Crippen LogP contribution in [0.4, 0.5) is 0 Å². The van der Waals surface area contributed by atoms with E-state index in [1.165, 1.54) is 0 Å². The molecular weight excluding hydrogens is 532 g/mol. The summed E-state index contributed by atoms with van der Waals surface area (Å²) in [5, 5.41) is 78.0. The van der Waals surface area contributed by atoms with E-state index in [2.05, 4.69) is 0 Å². The first kappa shape index (κ1) is 29.4. The molecule has 0 aromatic rings. The van der Waals surface area contributed by atoms with Crippen LogP contribution in [0, 0.1) is 0 Å². The third-order valence-corrected chi connectivity index (χ3v) is 1.48. The van der Waals surface area contributed by atoms with Crippen LogP contribution < -0.4 is 40.9 Å². The van der Waals surface area contributed by atoms with E-state index in [1.807, 2.05) is 0 Å². The van der Waals surface area contributed by atoms with E-state index >= 15 is 0 Å². The summed E-state index contributed by atoms with van der Waals surface area (Å²) in [6, 6.07) is 0. The molecule has 0 aliphatic rings. The van der Waals surface area contributed by atoms with Gasteiger partial charge in [0.25, 0.3) is 0 Å². The topological polar surface area (TPSA) is 253 Å². The molecule has 4 radical (unpaired) electrons. The van der Waals surface area contributed by atoms with E-state index in [-0.39, 0.29) is 48.9 Å². The molecule has 0 aliphatic carbocycles. The molecular formula is C8H4O12Sb2-2. The third kappa shape index (κ3) is 12.0. The van der Waals surface area contributed by atoms with E-state index in [4.69, 9.17) is 0 Å². The second-order valence-electron chi connectivity index (χ2n) is 2.96. The number of carbonyl (C=O) groups is 4. The van der Waals surface area contributed by atoms with Gasteiger partial charge in [0.15, 0.2) is 0 Å². The number of carboxylic acids is 4. The fraction of sp³-hybridized carbons (Fsp3) is 0.500. The van der Waals surface area contributed by atoms with Gasteiger partial charge in [0.2, 0.25) is 0 Å². The molecule has 0 aromatic carbocycles. The zero-order valence-electron chi connectivity index (χ0n) is 10.1. The number of rotatable bonds is 6. The second-order valence-corrected chi connectivity index (χ2v) is 2.96. The fourth-order valence-corrected chi connectivity index (χ4v) is 0.494. The van der Waals surface area contributed by atoms with Crippen molar-refractivity contribution in [2.24, 2.45) is 0 Å². The van der Waals surface area contributed by atoms with Crippen molar-refractivity contribution in [2.45, 2.75) is 24.4 Å². The fourth-order valence-electron chi connectivity index (χ4n) is 0.494. The van der Waals surface area contributed by atoms with Gasteiger partial charge in [0, 0.05) is 23.9 Å². The standard InChI is InChI=1S/2C4H4O6.2Sb/c2*5-1(3(7)8)2(6)4(9)10;;/h2*1-2H,(H,7,8)(H,9,10);;/q2*-2;2*+3/p-4/t2*1-,2-;;/m11../s1. The molecule has 0 aliphatic heterocycles. The maximum atomic E-state index is 9.97. The average molecular weight is 536 g/mol. The maximum absolute atomic E-state index is 9.97. The van der Waals surface area contributed by atoms with Crippen LogP contribution in [0.1, 0.15) is 0 Å². The molecule has 0 N–H and O–H groups in total. The number of aliphatic carboxylic acids is 4. The van der Waals surface area contributed by atoms with Crippen LogP contribution in [0.5, 0.6) is 0 Å². The van der Waals surface area contributed by atoms with E-state index < -0.39 is 48.3 Å². The Morgan fingerprint density at radius 1 is 0.455 bits per heavy atom. The van der Waals surface area contributed by atoms with Crippen molar-refractivity contribution in [2.75, 3.05) is 0 Å². The first-order valence-electron chi connectivity index (χ1n) is 4.40. The van der Waals surface area contributed by atoms with Crippen molar-refractivity contribution in [1.82, 2.24) is 0 Å². The molecule has 4 atom stereocenters. The Balaban J connectivity index is -0.000000135. The van der Waals surface area contributed by atoms with Crippen molar-refractivity contribution in [3.8, 4) is 0 Å². The van der Waals surface area contributed by atoms with Gasteiger partial charge in [0.05, 0.1) is 0 Å². The van der Waals surface area contributed by atoms with Crippen LogP contribution in [0.15, 0.2) is 0 Å². The minimum absolute atomic E-state index is 0. The quantitative estimate of drug-likeness (QED) is 0.287. The summed E-state index contributed by atoms with van der Waals surface area (Å²) < 4.78 is 0. The van der Waals surface area contributed by atoms with E-state index in [0.29, 0.717) is 0 Å². The largest absolute Gasteiger partial charge is 3.00 e. The predicted octanol–water partition coefficient (Wildman–Crippen LogP) is -12.9. The van der Waals surface area contributed by atoms with Gasteiger partial charge in [-0.1, -0.05) is 24.4 Å². The molecule has 0 heterocycles. The normalized spacial score (nSPS) is 14.4. The second kappa shape index (κ2) is 14.0. The minimum Gasteiger partial charge on any atom is -0.848 e. The molecule has 0 aromatic heterocycles. The molecule has 12 nitrogen and oxygen atoms in total. The summed E-state index contributed by atoms with van der Waals surface area (Å²) >= 11 is 0. The van der Waals surface area contributed by atoms with Crippen molar-refractivity contribution in [3.05, 3.63) is 0 Å². The Morgan fingerprint density at radius 3 is 0.591 bits per heavy atom. The predicted molar refractivity (Wildman–Crippen MR) is 46.7 cm³/mol. The van der Waals surface area contributed by atoms with Gasteiger partial charge < -0.3 is 60.0 Å². The van der Waals surface area contributed by atoms with Crippen LogP contribution in [-0.2, 0) is 19.2 Å². The SMILES string of the molecule is O=C([O-])[C@H]([O-])[C@@H]([O-])C(=O)[O-].O=C([O-])[C@H]([O-])[C@@H]([O-])C(=O)[O-].[Sb+3].[Sb+3]. The molecule has 14 heteroatoms. The van der Waals surface area contributed by atoms with Gasteiger partial charge in [-0.2, -0.15) is 0 Å². The zero-order valence-corrected chi connectivity index (χ0v) is 15.2. The Morgan fingerprint density at radius 2 is 0.545 bits per heavy atom. The Kier molecular flexibility index (Phi) is 18.7. The Hall–Kier alpha value is -0.644. The van der Waals surface area contributed by atoms with Crippen LogP contribution in [-0.4, -0.2) is 97.1 Å². The molecule has 0 saturated carbocycles. The van der Waals surface area contributed by atoms with Crippen molar-refractivity contribution >= 4 is 72.7 Å². The van der Waals surface area contributed by atoms with Gasteiger partial charge in [-0.3, -0.25) is 0 Å². The van der Waals surface area contributed by atoms with Gasteiger partial charge >= 0.3 is 48.9 Å². The molecule has 0 saturated heterocycles. The van der Waals surface area contributed by atoms with Crippen molar-refractivity contribution < 1.29 is 60.0 Å². The summed E-state index contributed by atoms with van der Waals surface area (Å²) in [7, 11) is 0. The first-order valence-corrected chi connectivity index (χ1v) is 4.40. The van der Waals surface area contributed by atoms with E-state index in [1.54, 1.807) is 0 Å². The van der Waals surface area contributed by atoms with Crippen molar-refractivity contribution in [1.29, 1.82) is 0 Å². The average Bonchev–Trinajstić information content (AvgIpc) is 2.35. The smallest absolute Gasteiger partial charge is 0.848 e. The van der Waals surface area contributed by atoms with Gasteiger partial charge in [-0.15, -0.1) is 0 Å². The van der Waals surface area contributed by atoms with Crippen LogP contribution in [0.25, 0.3) is 0 Å².